The molecular weight excluding hydrogens is 274 g/mol. The Balaban J connectivity index is -0.0000000533. The smallest absolute Gasteiger partial charge is 1.00 e. The number of carbonyl (C=O) groups excluding carboxylic acids is 1. The van der Waals surface area contributed by atoms with E-state index in [-0.39, 0.29) is 72.2 Å². The van der Waals surface area contributed by atoms with Gasteiger partial charge in [-0.25, -0.2) is 4.79 Å². The van der Waals surface area contributed by atoms with Crippen molar-refractivity contribution in [3.63, 3.8) is 0 Å². The summed E-state index contributed by atoms with van der Waals surface area (Å²) in [4.78, 5) is 10.4. The number of carbonyl (C=O) groups is 1. The van der Waals surface area contributed by atoms with E-state index in [1.165, 1.54) is 6.92 Å². The van der Waals surface area contributed by atoms with Crippen molar-refractivity contribution in [3.8, 4) is 0 Å². The van der Waals surface area contributed by atoms with Gasteiger partial charge in [0.15, 0.2) is 0 Å². The number of hydrogen-bond donors (Lipinski definition) is 0. The number of esters is 1. The van der Waals surface area contributed by atoms with Crippen LogP contribution in [0.5, 0.6) is 0 Å². The van der Waals surface area contributed by atoms with Gasteiger partial charge in [0.1, 0.15) is 0 Å². The summed E-state index contributed by atoms with van der Waals surface area (Å²) in [7, 11) is 0. The van der Waals surface area contributed by atoms with Crippen LogP contribution in [-0.2, 0) is 31.2 Å². The third-order valence-electron chi connectivity index (χ3n) is 0.665. The average molecular weight is 283 g/mol. The van der Waals surface area contributed by atoms with Crippen LogP contribution in [0, 0.1) is 0 Å². The second kappa shape index (κ2) is 18.5. The topological polar surface area (TPSA) is 49.4 Å². The van der Waals surface area contributed by atoms with Gasteiger partial charge in [0.2, 0.25) is 0 Å². The molecule has 0 heterocycles. The molecule has 0 radical (unpaired) electrons. The van der Waals surface area contributed by atoms with Crippen molar-refractivity contribution >= 4 is 5.97 Å². The van der Waals surface area contributed by atoms with Gasteiger partial charge >= 0.3 is 27.7 Å². The molecule has 0 saturated carbocycles. The summed E-state index contributed by atoms with van der Waals surface area (Å²) in [5.41, 5.74) is 0.323. The summed E-state index contributed by atoms with van der Waals surface area (Å²) in [5.74, 6) is -0.495. The quantitative estimate of drug-likeness (QED) is 0.294. The molecule has 13 heavy (non-hydrogen) atoms. The van der Waals surface area contributed by atoms with E-state index in [0.717, 1.165) is 0 Å². The van der Waals surface area contributed by atoms with Crippen molar-refractivity contribution in [2.75, 3.05) is 13.2 Å². The molecule has 0 bridgehead atoms. The van der Waals surface area contributed by atoms with E-state index in [0.29, 0.717) is 5.57 Å². The van der Waals surface area contributed by atoms with Crippen LogP contribution in [0.25, 0.3) is 0 Å². The van der Waals surface area contributed by atoms with E-state index in [4.69, 9.17) is 0 Å². The van der Waals surface area contributed by atoms with Crippen molar-refractivity contribution in [2.24, 2.45) is 0 Å². The molecular formula is C6H9Cl3O3Ti. The first-order valence-electron chi connectivity index (χ1n) is 2.59. The third-order valence-corrected chi connectivity index (χ3v) is 0.665. The van der Waals surface area contributed by atoms with Gasteiger partial charge in [-0.3, -0.25) is 0 Å². The van der Waals surface area contributed by atoms with Gasteiger partial charge in [0, 0.05) is 5.57 Å². The van der Waals surface area contributed by atoms with Crippen LogP contribution in [0.1, 0.15) is 6.92 Å². The Labute approximate surface area is 111 Å². The number of ether oxygens (including phenoxy) is 1. The molecule has 76 valence electrons. The van der Waals surface area contributed by atoms with Gasteiger partial charge in [0.05, 0.1) is 6.61 Å². The Morgan fingerprint density at radius 2 is 1.77 bits per heavy atom. The molecule has 0 saturated heterocycles. The van der Waals surface area contributed by atoms with Crippen LogP contribution in [0.15, 0.2) is 12.2 Å². The first-order chi connectivity index (χ1) is 4.18. The molecule has 0 amide bonds. The molecule has 0 fully saturated rings. The maximum absolute atomic E-state index is 10.4. The van der Waals surface area contributed by atoms with Gasteiger partial charge in [0.25, 0.3) is 0 Å². The molecule has 0 aliphatic carbocycles. The van der Waals surface area contributed by atoms with Crippen molar-refractivity contribution in [3.05, 3.63) is 12.2 Å². The van der Waals surface area contributed by atoms with Gasteiger partial charge in [-0.15, -0.1) is 6.61 Å². The normalized spacial score (nSPS) is 6.00. The Hall–Kier alpha value is 0.754. The minimum absolute atomic E-state index is 0. The summed E-state index contributed by atoms with van der Waals surface area (Å²) in [6, 6.07) is 0. The van der Waals surface area contributed by atoms with E-state index >= 15 is 0 Å². The van der Waals surface area contributed by atoms with Crippen LogP contribution in [0.3, 0.4) is 0 Å². The monoisotopic (exact) mass is 282 g/mol. The first-order valence-corrected chi connectivity index (χ1v) is 2.59. The summed E-state index contributed by atoms with van der Waals surface area (Å²) in [6.07, 6.45) is 0. The predicted molar refractivity (Wildman–Crippen MR) is 30.6 cm³/mol. The zero-order valence-electron chi connectivity index (χ0n) is 6.98. The fourth-order valence-electron chi connectivity index (χ4n) is 0.258. The Bertz CT molecular complexity index is 132. The Morgan fingerprint density at radius 1 is 1.38 bits per heavy atom. The summed E-state index contributed by atoms with van der Waals surface area (Å²) < 4.78 is 4.40. The first kappa shape index (κ1) is 29.2. The predicted octanol–water partition coefficient (Wildman–Crippen LogP) is -9.52. The van der Waals surface area contributed by atoms with Crippen molar-refractivity contribution < 1.29 is 73.6 Å². The maximum Gasteiger partial charge on any atom is 4.00 e. The molecule has 0 unspecified atom stereocenters. The molecule has 3 nitrogen and oxygen atoms in total. The molecule has 0 spiro atoms. The summed E-state index contributed by atoms with van der Waals surface area (Å²) in [5, 5.41) is 9.75. The summed E-state index contributed by atoms with van der Waals surface area (Å²) in [6.45, 7) is 4.41. The Morgan fingerprint density at radius 3 is 2.00 bits per heavy atom. The number of rotatable bonds is 3. The van der Waals surface area contributed by atoms with E-state index in [9.17, 15) is 9.90 Å². The summed E-state index contributed by atoms with van der Waals surface area (Å²) >= 11 is 0. The fourth-order valence-corrected chi connectivity index (χ4v) is 0.258. The SMILES string of the molecule is C=C(C)C(=O)OCC[O-].[Cl-].[Cl-].[Cl-].[Ti+4]. The minimum atomic E-state index is -0.495. The largest absolute Gasteiger partial charge is 4.00 e. The van der Waals surface area contributed by atoms with Gasteiger partial charge in [-0.2, -0.15) is 0 Å². The third kappa shape index (κ3) is 19.2. The van der Waals surface area contributed by atoms with Crippen molar-refractivity contribution in [2.45, 2.75) is 6.92 Å². The maximum atomic E-state index is 10.4. The molecule has 0 aromatic heterocycles. The standard InChI is InChI=1S/C6H9O3.3ClH.Ti/c1-5(2)6(8)9-4-3-7;;;;/h1,3-4H2,2H3;3*1H;/q-1;;;;+4/p-3. The van der Waals surface area contributed by atoms with E-state index in [1.807, 2.05) is 0 Å². The van der Waals surface area contributed by atoms with Crippen LogP contribution in [0.4, 0.5) is 0 Å². The van der Waals surface area contributed by atoms with Crippen molar-refractivity contribution in [1.29, 1.82) is 0 Å². The van der Waals surface area contributed by atoms with Crippen LogP contribution in [0.2, 0.25) is 0 Å². The molecule has 0 N–H and O–H groups in total. The second-order valence-corrected chi connectivity index (χ2v) is 1.62. The molecule has 0 aliphatic rings. The van der Waals surface area contributed by atoms with E-state index in [2.05, 4.69) is 11.3 Å². The number of halogens is 3. The molecule has 0 aliphatic heterocycles. The number of hydrogen-bond acceptors (Lipinski definition) is 3. The van der Waals surface area contributed by atoms with Crippen LogP contribution < -0.4 is 42.3 Å². The fraction of sp³-hybridized carbons (Fsp3) is 0.500. The van der Waals surface area contributed by atoms with Crippen molar-refractivity contribution in [1.82, 2.24) is 0 Å². The minimum Gasteiger partial charge on any atom is -1.00 e. The average Bonchev–Trinajstić information content (AvgIpc) is 1.82. The second-order valence-electron chi connectivity index (χ2n) is 1.62. The zero-order valence-corrected chi connectivity index (χ0v) is 10.8. The molecule has 0 aromatic rings. The van der Waals surface area contributed by atoms with Gasteiger partial charge in [-0.05, 0) is 6.92 Å². The molecule has 0 rings (SSSR count). The molecule has 7 heteroatoms. The van der Waals surface area contributed by atoms with E-state index in [1.54, 1.807) is 0 Å². The van der Waals surface area contributed by atoms with Crippen LogP contribution >= 0.6 is 0 Å². The van der Waals surface area contributed by atoms with Gasteiger partial charge in [-0.1, -0.05) is 6.58 Å². The van der Waals surface area contributed by atoms with E-state index < -0.39 is 5.97 Å². The Kier molecular flexibility index (Phi) is 41.6. The zero-order chi connectivity index (χ0) is 7.28. The molecule has 0 aromatic carbocycles. The van der Waals surface area contributed by atoms with Crippen LogP contribution in [-0.4, -0.2) is 19.2 Å². The molecule has 0 atom stereocenters. The van der Waals surface area contributed by atoms with Gasteiger partial charge < -0.3 is 47.1 Å².